The minimum Gasteiger partial charge on any atom is -0.358 e. The summed E-state index contributed by atoms with van der Waals surface area (Å²) in [5.41, 5.74) is 0.881. The number of fused-ring (bicyclic) bond motifs is 1. The largest absolute Gasteiger partial charge is 0.358 e. The van der Waals surface area contributed by atoms with E-state index in [9.17, 15) is 9.59 Å². The Balaban J connectivity index is 2.75. The van der Waals surface area contributed by atoms with E-state index in [0.717, 1.165) is 0 Å². The lowest BCUT2D eigenvalue weighted by Gasteiger charge is -1.99. The summed E-state index contributed by atoms with van der Waals surface area (Å²) in [5, 5.41) is 2.30. The Morgan fingerprint density at radius 3 is 3.14 bits per heavy atom. The third-order valence-electron chi connectivity index (χ3n) is 1.85. The highest BCUT2D eigenvalue weighted by atomic mass is 16.1. The lowest BCUT2D eigenvalue weighted by Crippen LogP contribution is -2.11. The molecule has 1 amide bonds. The van der Waals surface area contributed by atoms with Gasteiger partial charge >= 0.3 is 0 Å². The summed E-state index contributed by atoms with van der Waals surface area (Å²) < 4.78 is 0. The predicted molar refractivity (Wildman–Crippen MR) is 52.1 cm³/mol. The molecule has 14 heavy (non-hydrogen) atoms. The van der Waals surface area contributed by atoms with Crippen LogP contribution in [0.15, 0.2) is 29.3 Å². The van der Waals surface area contributed by atoms with Crippen molar-refractivity contribution < 1.29 is 4.79 Å². The molecule has 2 aromatic rings. The van der Waals surface area contributed by atoms with E-state index < -0.39 is 0 Å². The smallest absolute Gasteiger partial charge is 0.231 e. The third-order valence-corrected chi connectivity index (χ3v) is 1.85. The van der Waals surface area contributed by atoms with Crippen molar-refractivity contribution in [2.24, 2.45) is 0 Å². The number of H-pyrrole nitrogens is 1. The molecule has 0 saturated carbocycles. The Labute approximate surface area is 78.8 Å². The Kier molecular flexibility index (Phi) is 1.98. The van der Waals surface area contributed by atoms with Crippen LogP contribution in [0.25, 0.3) is 11.0 Å². The minimum absolute atomic E-state index is 0.200. The van der Waals surface area contributed by atoms with Crippen molar-refractivity contribution in [2.45, 2.75) is 0 Å². The van der Waals surface area contributed by atoms with Crippen molar-refractivity contribution in [3.8, 4) is 0 Å². The summed E-state index contributed by atoms with van der Waals surface area (Å²) in [6, 6.07) is 3.47. The first kappa shape index (κ1) is 8.43. The van der Waals surface area contributed by atoms with E-state index in [1.54, 1.807) is 12.1 Å². The van der Waals surface area contributed by atoms with Crippen molar-refractivity contribution in [3.63, 3.8) is 0 Å². The Morgan fingerprint density at radius 2 is 2.36 bits per heavy atom. The zero-order chi connectivity index (χ0) is 9.97. The third kappa shape index (κ3) is 1.24. The van der Waals surface area contributed by atoms with Gasteiger partial charge in [0.25, 0.3) is 0 Å². The molecule has 0 aliphatic rings. The number of aromatic nitrogens is 2. The maximum absolute atomic E-state index is 11.6. The lowest BCUT2D eigenvalue weighted by molar-refractivity contribution is -0.105. The van der Waals surface area contributed by atoms with Crippen LogP contribution in [0.5, 0.6) is 0 Å². The monoisotopic (exact) mass is 189 g/mol. The van der Waals surface area contributed by atoms with Gasteiger partial charge in [-0.05, 0) is 12.1 Å². The first-order valence-corrected chi connectivity index (χ1v) is 3.99. The van der Waals surface area contributed by atoms with Crippen LogP contribution in [0.1, 0.15) is 0 Å². The predicted octanol–water partition coefficient (Wildman–Crippen LogP) is 0.491. The van der Waals surface area contributed by atoms with E-state index in [-0.39, 0.29) is 11.1 Å². The Bertz CT molecular complexity index is 533. The fourth-order valence-corrected chi connectivity index (χ4v) is 1.22. The van der Waals surface area contributed by atoms with Gasteiger partial charge in [-0.25, -0.2) is 0 Å². The second kappa shape index (κ2) is 3.29. The lowest BCUT2D eigenvalue weighted by atomic mass is 10.3. The molecule has 2 rings (SSSR count). The molecule has 0 atom stereocenters. The number of nitrogens with zero attached hydrogens (tertiary/aromatic N) is 1. The zero-order valence-corrected chi connectivity index (χ0v) is 7.15. The van der Waals surface area contributed by atoms with E-state index in [1.165, 1.54) is 12.4 Å². The van der Waals surface area contributed by atoms with Gasteiger partial charge in [0, 0.05) is 12.4 Å². The molecule has 0 spiro atoms. The van der Waals surface area contributed by atoms with Gasteiger partial charge in [-0.1, -0.05) is 0 Å². The van der Waals surface area contributed by atoms with Crippen LogP contribution in [0.2, 0.25) is 0 Å². The van der Waals surface area contributed by atoms with E-state index in [1.807, 2.05) is 0 Å². The van der Waals surface area contributed by atoms with Crippen LogP contribution < -0.4 is 10.7 Å². The Morgan fingerprint density at radius 1 is 1.50 bits per heavy atom. The number of aromatic amines is 1. The standard InChI is InChI=1S/C9H7N3O2/c13-5-12-7-4-11-6-2-1-3-10-8(6)9(7)14/h1-5H,(H,11,14)(H,12,13). The van der Waals surface area contributed by atoms with Gasteiger partial charge in [0.15, 0.2) is 0 Å². The molecule has 0 bridgehead atoms. The topological polar surface area (TPSA) is 74.8 Å². The number of rotatable bonds is 2. The fourth-order valence-electron chi connectivity index (χ4n) is 1.22. The normalized spacial score (nSPS) is 10.0. The van der Waals surface area contributed by atoms with Gasteiger partial charge in [0.2, 0.25) is 11.8 Å². The molecule has 0 aliphatic carbocycles. The molecule has 0 fully saturated rings. The number of carbonyl (C=O) groups is 1. The van der Waals surface area contributed by atoms with Gasteiger partial charge in [0.1, 0.15) is 11.2 Å². The minimum atomic E-state index is -0.286. The number of carbonyl (C=O) groups excluding carboxylic acids is 1. The second-order valence-corrected chi connectivity index (χ2v) is 2.69. The maximum atomic E-state index is 11.6. The number of nitrogens with one attached hydrogen (secondary N) is 2. The Hall–Kier alpha value is -2.17. The van der Waals surface area contributed by atoms with Crippen molar-refractivity contribution in [1.82, 2.24) is 9.97 Å². The molecule has 2 aromatic heterocycles. The van der Waals surface area contributed by atoms with Crippen LogP contribution in [-0.4, -0.2) is 16.4 Å². The van der Waals surface area contributed by atoms with Crippen molar-refractivity contribution in [1.29, 1.82) is 0 Å². The molecule has 0 aliphatic heterocycles. The molecule has 0 unspecified atom stereocenters. The fraction of sp³-hybridized carbons (Fsp3) is 0. The van der Waals surface area contributed by atoms with Crippen molar-refractivity contribution in [3.05, 3.63) is 34.7 Å². The van der Waals surface area contributed by atoms with Gasteiger partial charge in [0.05, 0.1) is 5.52 Å². The first-order valence-electron chi connectivity index (χ1n) is 3.99. The summed E-state index contributed by atoms with van der Waals surface area (Å²) in [6.45, 7) is 0. The molecular weight excluding hydrogens is 182 g/mol. The SMILES string of the molecule is O=CNc1c[nH]c2cccnc2c1=O. The first-order chi connectivity index (χ1) is 6.83. The van der Waals surface area contributed by atoms with Gasteiger partial charge in [-0.15, -0.1) is 0 Å². The quantitative estimate of drug-likeness (QED) is 0.675. The van der Waals surface area contributed by atoms with Gasteiger partial charge in [-0.2, -0.15) is 0 Å². The van der Waals surface area contributed by atoms with Gasteiger partial charge in [-0.3, -0.25) is 14.6 Å². The van der Waals surface area contributed by atoms with E-state index in [4.69, 9.17) is 0 Å². The molecule has 70 valence electrons. The highest BCUT2D eigenvalue weighted by Gasteiger charge is 2.03. The highest BCUT2D eigenvalue weighted by Crippen LogP contribution is 2.05. The number of pyridine rings is 2. The van der Waals surface area contributed by atoms with Crippen LogP contribution in [0.3, 0.4) is 0 Å². The van der Waals surface area contributed by atoms with Crippen molar-refractivity contribution >= 4 is 23.1 Å². The summed E-state index contributed by atoms with van der Waals surface area (Å²) in [4.78, 5) is 28.6. The molecule has 0 aromatic carbocycles. The van der Waals surface area contributed by atoms with Crippen LogP contribution in [0.4, 0.5) is 5.69 Å². The summed E-state index contributed by atoms with van der Waals surface area (Å²) in [5.74, 6) is 0. The number of hydrogen-bond donors (Lipinski definition) is 2. The number of amides is 1. The van der Waals surface area contributed by atoms with E-state index in [2.05, 4.69) is 15.3 Å². The molecule has 2 N–H and O–H groups in total. The van der Waals surface area contributed by atoms with Crippen molar-refractivity contribution in [2.75, 3.05) is 5.32 Å². The average Bonchev–Trinajstić information content (AvgIpc) is 2.23. The molecular formula is C9H7N3O2. The van der Waals surface area contributed by atoms with Crippen LogP contribution >= 0.6 is 0 Å². The zero-order valence-electron chi connectivity index (χ0n) is 7.15. The van der Waals surface area contributed by atoms with Crippen LogP contribution in [-0.2, 0) is 4.79 Å². The molecule has 5 heteroatoms. The average molecular weight is 189 g/mol. The molecule has 2 heterocycles. The molecule has 0 saturated heterocycles. The highest BCUT2D eigenvalue weighted by molar-refractivity contribution is 5.80. The van der Waals surface area contributed by atoms with Gasteiger partial charge < -0.3 is 10.3 Å². The molecule has 0 radical (unpaired) electrons. The molecule has 5 nitrogen and oxygen atoms in total. The second-order valence-electron chi connectivity index (χ2n) is 2.69. The summed E-state index contributed by atoms with van der Waals surface area (Å²) >= 11 is 0. The summed E-state index contributed by atoms with van der Waals surface area (Å²) in [6.07, 6.45) is 3.43. The van der Waals surface area contributed by atoms with E-state index in [0.29, 0.717) is 17.4 Å². The van der Waals surface area contributed by atoms with E-state index >= 15 is 0 Å². The number of anilines is 1. The summed E-state index contributed by atoms with van der Waals surface area (Å²) in [7, 11) is 0. The maximum Gasteiger partial charge on any atom is 0.231 e. The number of hydrogen-bond acceptors (Lipinski definition) is 3. The van der Waals surface area contributed by atoms with Crippen LogP contribution in [0, 0.1) is 0 Å².